The maximum absolute atomic E-state index is 10.4. The Hall–Kier alpha value is -0.800. The number of hydrogen-bond acceptors (Lipinski definition) is 3. The summed E-state index contributed by atoms with van der Waals surface area (Å²) in [5.41, 5.74) is 0.252. The molecule has 0 saturated carbocycles. The van der Waals surface area contributed by atoms with Crippen LogP contribution in [0.2, 0.25) is 10.2 Å². The minimum absolute atomic E-state index is 0.0891. The van der Waals surface area contributed by atoms with Crippen LogP contribution in [0, 0.1) is 0 Å². The van der Waals surface area contributed by atoms with Crippen LogP contribution in [0.25, 0.3) is 0 Å². The van der Waals surface area contributed by atoms with Gasteiger partial charge in [-0.05, 0) is 6.07 Å². The highest BCUT2D eigenvalue weighted by molar-refractivity contribution is 6.34. The van der Waals surface area contributed by atoms with Gasteiger partial charge in [0.2, 0.25) is 5.88 Å². The normalized spacial score (nSPS) is 9.58. The molecule has 0 aliphatic heterocycles. The Kier molecular flexibility index (Phi) is 2.89. The first-order valence-electron chi connectivity index (χ1n) is 3.04. The van der Waals surface area contributed by atoms with Crippen molar-refractivity contribution in [3.05, 3.63) is 21.8 Å². The average molecular weight is 206 g/mol. The lowest BCUT2D eigenvalue weighted by atomic mass is 10.3. The fraction of sp³-hybridized carbons (Fsp3) is 0.143. The van der Waals surface area contributed by atoms with Crippen molar-refractivity contribution in [1.82, 2.24) is 4.98 Å². The smallest absolute Gasteiger partial charge is 0.233 e. The Bertz CT molecular complexity index is 315. The molecule has 3 nitrogen and oxygen atoms in total. The molecule has 1 aromatic heterocycles. The third kappa shape index (κ3) is 1.68. The fourth-order valence-corrected chi connectivity index (χ4v) is 1.10. The number of aldehydes is 1. The Balaban J connectivity index is 3.25. The summed E-state index contributed by atoms with van der Waals surface area (Å²) in [6, 6.07) is 1.41. The van der Waals surface area contributed by atoms with Gasteiger partial charge in [0.1, 0.15) is 10.2 Å². The zero-order valence-corrected chi connectivity index (χ0v) is 7.69. The summed E-state index contributed by atoms with van der Waals surface area (Å²) in [4.78, 5) is 14.1. The van der Waals surface area contributed by atoms with E-state index in [4.69, 9.17) is 27.9 Å². The summed E-state index contributed by atoms with van der Waals surface area (Å²) < 4.78 is 4.78. The summed E-state index contributed by atoms with van der Waals surface area (Å²) in [6.45, 7) is 0. The van der Waals surface area contributed by atoms with Gasteiger partial charge in [-0.3, -0.25) is 4.79 Å². The van der Waals surface area contributed by atoms with E-state index in [0.29, 0.717) is 6.29 Å². The second-order valence-corrected chi connectivity index (χ2v) is 2.74. The van der Waals surface area contributed by atoms with Crippen LogP contribution in [0.3, 0.4) is 0 Å². The Labute approximate surface area is 79.3 Å². The summed E-state index contributed by atoms with van der Waals surface area (Å²) in [5, 5.41) is 0.357. The number of aromatic nitrogens is 1. The van der Waals surface area contributed by atoms with E-state index in [-0.39, 0.29) is 21.6 Å². The van der Waals surface area contributed by atoms with Gasteiger partial charge in [-0.25, -0.2) is 0 Å². The van der Waals surface area contributed by atoms with Crippen molar-refractivity contribution in [2.24, 2.45) is 0 Å². The standard InChI is InChI=1S/C7H5Cl2NO2/c1-12-7-5(8)2-4(3-11)6(9)10-7/h2-3H,1H3. The Morgan fingerprint density at radius 1 is 1.58 bits per heavy atom. The van der Waals surface area contributed by atoms with E-state index in [1.54, 1.807) is 0 Å². The van der Waals surface area contributed by atoms with Crippen molar-refractivity contribution in [3.63, 3.8) is 0 Å². The zero-order chi connectivity index (χ0) is 9.14. The lowest BCUT2D eigenvalue weighted by molar-refractivity contribution is 0.112. The molecule has 1 aromatic rings. The molecule has 0 radical (unpaired) electrons. The maximum Gasteiger partial charge on any atom is 0.233 e. The van der Waals surface area contributed by atoms with Gasteiger partial charge >= 0.3 is 0 Å². The summed E-state index contributed by atoms with van der Waals surface area (Å²) in [6.07, 6.45) is 0.584. The minimum Gasteiger partial charge on any atom is -0.480 e. The predicted octanol–water partition coefficient (Wildman–Crippen LogP) is 2.21. The molecule has 1 rings (SSSR count). The Morgan fingerprint density at radius 2 is 2.25 bits per heavy atom. The van der Waals surface area contributed by atoms with E-state index in [1.807, 2.05) is 0 Å². The quantitative estimate of drug-likeness (QED) is 0.550. The highest BCUT2D eigenvalue weighted by atomic mass is 35.5. The van der Waals surface area contributed by atoms with Gasteiger partial charge in [0.05, 0.1) is 12.7 Å². The lowest BCUT2D eigenvalue weighted by Crippen LogP contribution is -1.92. The van der Waals surface area contributed by atoms with Gasteiger partial charge in [0.15, 0.2) is 6.29 Å². The van der Waals surface area contributed by atoms with Gasteiger partial charge in [0.25, 0.3) is 0 Å². The monoisotopic (exact) mass is 205 g/mol. The number of rotatable bonds is 2. The largest absolute Gasteiger partial charge is 0.480 e. The van der Waals surface area contributed by atoms with E-state index in [9.17, 15) is 4.79 Å². The molecular formula is C7H5Cl2NO2. The molecule has 1 heterocycles. The second kappa shape index (κ2) is 3.74. The number of ether oxygens (including phenoxy) is 1. The van der Waals surface area contributed by atoms with Gasteiger partial charge < -0.3 is 4.74 Å². The van der Waals surface area contributed by atoms with Crippen LogP contribution in [-0.4, -0.2) is 18.4 Å². The molecule has 0 aromatic carbocycles. The molecular weight excluding hydrogens is 201 g/mol. The predicted molar refractivity (Wildman–Crippen MR) is 46.2 cm³/mol. The SMILES string of the molecule is COc1nc(Cl)c(C=O)cc1Cl. The number of carbonyl (C=O) groups excluding carboxylic acids is 1. The number of carbonyl (C=O) groups is 1. The van der Waals surface area contributed by atoms with Gasteiger partial charge in [-0.2, -0.15) is 4.98 Å². The van der Waals surface area contributed by atoms with Crippen LogP contribution < -0.4 is 4.74 Å². The van der Waals surface area contributed by atoms with Gasteiger partial charge in [0, 0.05) is 0 Å². The van der Waals surface area contributed by atoms with Crippen molar-refractivity contribution in [1.29, 1.82) is 0 Å². The molecule has 0 saturated heterocycles. The number of halogens is 2. The van der Waals surface area contributed by atoms with E-state index < -0.39 is 0 Å². The van der Waals surface area contributed by atoms with Gasteiger partial charge in [-0.15, -0.1) is 0 Å². The van der Waals surface area contributed by atoms with Crippen LogP contribution in [0.5, 0.6) is 5.88 Å². The van der Waals surface area contributed by atoms with Crippen LogP contribution >= 0.6 is 23.2 Å². The molecule has 0 N–H and O–H groups in total. The van der Waals surface area contributed by atoms with Crippen molar-refractivity contribution in [2.45, 2.75) is 0 Å². The first-order valence-corrected chi connectivity index (χ1v) is 3.80. The van der Waals surface area contributed by atoms with Crippen LogP contribution in [-0.2, 0) is 0 Å². The molecule has 0 atom stereocenters. The molecule has 12 heavy (non-hydrogen) atoms. The number of methoxy groups -OCH3 is 1. The van der Waals surface area contributed by atoms with Gasteiger partial charge in [-0.1, -0.05) is 23.2 Å². The van der Waals surface area contributed by atoms with Crippen LogP contribution in [0.4, 0.5) is 0 Å². The van der Waals surface area contributed by atoms with E-state index in [1.165, 1.54) is 13.2 Å². The second-order valence-electron chi connectivity index (χ2n) is 1.98. The molecule has 0 bridgehead atoms. The van der Waals surface area contributed by atoms with Crippen molar-refractivity contribution in [3.8, 4) is 5.88 Å². The van der Waals surface area contributed by atoms with Crippen molar-refractivity contribution in [2.75, 3.05) is 7.11 Å². The van der Waals surface area contributed by atoms with E-state index >= 15 is 0 Å². The number of pyridine rings is 1. The molecule has 0 unspecified atom stereocenters. The molecule has 5 heteroatoms. The molecule has 0 spiro atoms. The molecule has 0 aliphatic carbocycles. The highest BCUT2D eigenvalue weighted by Gasteiger charge is 2.07. The lowest BCUT2D eigenvalue weighted by Gasteiger charge is -2.02. The Morgan fingerprint density at radius 3 is 2.75 bits per heavy atom. The number of nitrogens with zero attached hydrogens (tertiary/aromatic N) is 1. The third-order valence-electron chi connectivity index (χ3n) is 1.24. The first kappa shape index (κ1) is 9.29. The summed E-state index contributed by atoms with van der Waals surface area (Å²) >= 11 is 11.3. The fourth-order valence-electron chi connectivity index (χ4n) is 0.691. The van der Waals surface area contributed by atoms with Crippen molar-refractivity contribution < 1.29 is 9.53 Å². The molecule has 0 fully saturated rings. The highest BCUT2D eigenvalue weighted by Crippen LogP contribution is 2.25. The summed E-state index contributed by atoms with van der Waals surface area (Å²) in [7, 11) is 1.42. The molecule has 0 amide bonds. The van der Waals surface area contributed by atoms with E-state index in [2.05, 4.69) is 4.98 Å². The topological polar surface area (TPSA) is 39.2 Å². The van der Waals surface area contributed by atoms with Crippen LogP contribution in [0.15, 0.2) is 6.07 Å². The molecule has 0 aliphatic rings. The number of hydrogen-bond donors (Lipinski definition) is 0. The molecule has 64 valence electrons. The maximum atomic E-state index is 10.4. The van der Waals surface area contributed by atoms with Crippen LogP contribution in [0.1, 0.15) is 10.4 Å². The third-order valence-corrected chi connectivity index (χ3v) is 1.82. The minimum atomic E-state index is 0.0891. The summed E-state index contributed by atoms with van der Waals surface area (Å²) in [5.74, 6) is 0.215. The first-order chi connectivity index (χ1) is 5.69. The van der Waals surface area contributed by atoms with E-state index in [0.717, 1.165) is 0 Å². The average Bonchev–Trinajstić information content (AvgIpc) is 2.08. The zero-order valence-electron chi connectivity index (χ0n) is 6.17. The van der Waals surface area contributed by atoms with Crippen molar-refractivity contribution >= 4 is 29.5 Å².